The van der Waals surface area contributed by atoms with E-state index in [1.54, 1.807) is 0 Å². The molecule has 4 nitrogen and oxygen atoms in total. The Hall–Kier alpha value is -2.85. The van der Waals surface area contributed by atoms with Crippen molar-refractivity contribution in [3.63, 3.8) is 0 Å². The molecule has 1 aliphatic heterocycles. The van der Waals surface area contributed by atoms with E-state index in [9.17, 15) is 4.79 Å². The summed E-state index contributed by atoms with van der Waals surface area (Å²) in [6.45, 7) is 7.21. The van der Waals surface area contributed by atoms with Gasteiger partial charge in [0.15, 0.2) is 0 Å². The molecule has 1 aliphatic rings. The highest BCUT2D eigenvalue weighted by Gasteiger charge is 2.24. The van der Waals surface area contributed by atoms with Crippen LogP contribution in [0, 0.1) is 0 Å². The highest BCUT2D eigenvalue weighted by Crippen LogP contribution is 2.21. The predicted octanol–water partition coefficient (Wildman–Crippen LogP) is 4.13. The standard InChI is InChI=1S/C24H27N3O/c1-2-27-22-13-7-6-12-21(22)19-23(27)24(28)26-17-15-25(16-18-26)14-8-11-20-9-4-3-5-10-20/h3-13,19H,2,14-18H2,1H3/b11-8+. The molecule has 1 saturated heterocycles. The van der Waals surface area contributed by atoms with Gasteiger partial charge in [-0.2, -0.15) is 0 Å². The number of amides is 1. The monoisotopic (exact) mass is 373 g/mol. The number of hydrogen-bond acceptors (Lipinski definition) is 2. The summed E-state index contributed by atoms with van der Waals surface area (Å²) in [6.07, 6.45) is 4.37. The number of rotatable bonds is 5. The SMILES string of the molecule is CCn1c(C(=O)N2CCN(C/C=C/c3ccccc3)CC2)cc2ccccc21. The largest absolute Gasteiger partial charge is 0.337 e. The lowest BCUT2D eigenvalue weighted by Gasteiger charge is -2.34. The second-order valence-corrected chi connectivity index (χ2v) is 7.24. The maximum Gasteiger partial charge on any atom is 0.270 e. The molecule has 2 aromatic carbocycles. The van der Waals surface area contributed by atoms with Crippen LogP contribution in [0.25, 0.3) is 17.0 Å². The predicted molar refractivity (Wildman–Crippen MR) is 115 cm³/mol. The van der Waals surface area contributed by atoms with Crippen molar-refractivity contribution in [1.29, 1.82) is 0 Å². The molecular formula is C24H27N3O. The van der Waals surface area contributed by atoms with Crippen molar-refractivity contribution in [2.75, 3.05) is 32.7 Å². The van der Waals surface area contributed by atoms with Crippen molar-refractivity contribution in [1.82, 2.24) is 14.4 Å². The highest BCUT2D eigenvalue weighted by atomic mass is 16.2. The van der Waals surface area contributed by atoms with Crippen LogP contribution < -0.4 is 0 Å². The first-order chi connectivity index (χ1) is 13.8. The van der Waals surface area contributed by atoms with Crippen molar-refractivity contribution >= 4 is 22.9 Å². The molecule has 2 heterocycles. The van der Waals surface area contributed by atoms with Crippen molar-refractivity contribution in [3.8, 4) is 0 Å². The van der Waals surface area contributed by atoms with E-state index < -0.39 is 0 Å². The Bertz CT molecular complexity index is 966. The first kappa shape index (κ1) is 18.5. The van der Waals surface area contributed by atoms with Crippen LogP contribution in [0.1, 0.15) is 23.0 Å². The number of aromatic nitrogens is 1. The van der Waals surface area contributed by atoms with Crippen molar-refractivity contribution < 1.29 is 4.79 Å². The molecule has 0 radical (unpaired) electrons. The summed E-state index contributed by atoms with van der Waals surface area (Å²) < 4.78 is 2.13. The summed E-state index contributed by atoms with van der Waals surface area (Å²) >= 11 is 0. The molecule has 1 fully saturated rings. The van der Waals surface area contributed by atoms with Gasteiger partial charge in [-0.05, 0) is 24.6 Å². The number of hydrogen-bond donors (Lipinski definition) is 0. The zero-order valence-corrected chi connectivity index (χ0v) is 16.4. The van der Waals surface area contributed by atoms with Crippen LogP contribution in [-0.2, 0) is 6.54 Å². The highest BCUT2D eigenvalue weighted by molar-refractivity contribution is 5.98. The lowest BCUT2D eigenvalue weighted by atomic mass is 10.2. The van der Waals surface area contributed by atoms with Gasteiger partial charge in [-0.3, -0.25) is 9.69 Å². The Kier molecular flexibility index (Phi) is 5.58. The maximum absolute atomic E-state index is 13.1. The van der Waals surface area contributed by atoms with E-state index in [-0.39, 0.29) is 5.91 Å². The molecule has 3 aromatic rings. The van der Waals surface area contributed by atoms with Crippen LogP contribution in [0.3, 0.4) is 0 Å². The van der Waals surface area contributed by atoms with Gasteiger partial charge in [-0.25, -0.2) is 0 Å². The molecule has 0 N–H and O–H groups in total. The van der Waals surface area contributed by atoms with Crippen molar-refractivity contribution in [3.05, 3.63) is 78.0 Å². The Labute approximate surface area is 166 Å². The molecule has 0 bridgehead atoms. The second-order valence-electron chi connectivity index (χ2n) is 7.24. The number of carbonyl (C=O) groups excluding carboxylic acids is 1. The van der Waals surface area contributed by atoms with Gasteiger partial charge in [0.2, 0.25) is 0 Å². The molecule has 1 aromatic heterocycles. The van der Waals surface area contributed by atoms with Crippen LogP contribution >= 0.6 is 0 Å². The minimum atomic E-state index is 0.150. The minimum absolute atomic E-state index is 0.150. The fourth-order valence-corrected chi connectivity index (χ4v) is 3.93. The van der Waals surface area contributed by atoms with Crippen molar-refractivity contribution in [2.45, 2.75) is 13.5 Å². The third kappa shape index (κ3) is 3.87. The molecule has 0 aliphatic carbocycles. The zero-order chi connectivity index (χ0) is 19.3. The van der Waals surface area contributed by atoms with Crippen molar-refractivity contribution in [2.24, 2.45) is 0 Å². The Morgan fingerprint density at radius 2 is 1.68 bits per heavy atom. The quantitative estimate of drug-likeness (QED) is 0.673. The van der Waals surface area contributed by atoms with Crippen LogP contribution in [0.5, 0.6) is 0 Å². The van der Waals surface area contributed by atoms with Gasteiger partial charge in [0, 0.05) is 50.2 Å². The lowest BCUT2D eigenvalue weighted by molar-refractivity contribution is 0.0640. The van der Waals surface area contributed by atoms with Crippen LogP contribution in [0.2, 0.25) is 0 Å². The topological polar surface area (TPSA) is 28.5 Å². The van der Waals surface area contributed by atoms with Gasteiger partial charge in [-0.1, -0.05) is 60.7 Å². The summed E-state index contributed by atoms with van der Waals surface area (Å²) in [5.74, 6) is 0.150. The molecule has 0 spiro atoms. The molecule has 144 valence electrons. The first-order valence-corrected chi connectivity index (χ1v) is 10.1. The number of fused-ring (bicyclic) bond motifs is 1. The fourth-order valence-electron chi connectivity index (χ4n) is 3.93. The van der Waals surface area contributed by atoms with Crippen LogP contribution in [-0.4, -0.2) is 53.0 Å². The Morgan fingerprint density at radius 1 is 0.964 bits per heavy atom. The second kappa shape index (κ2) is 8.44. The third-order valence-corrected chi connectivity index (χ3v) is 5.48. The van der Waals surface area contributed by atoms with Gasteiger partial charge in [-0.15, -0.1) is 0 Å². The average molecular weight is 374 g/mol. The van der Waals surface area contributed by atoms with E-state index in [1.807, 2.05) is 29.2 Å². The van der Waals surface area contributed by atoms with Gasteiger partial charge >= 0.3 is 0 Å². The molecule has 0 unspecified atom stereocenters. The van der Waals surface area contributed by atoms with E-state index in [0.717, 1.165) is 55.9 Å². The molecule has 4 heteroatoms. The summed E-state index contributed by atoms with van der Waals surface area (Å²) in [4.78, 5) is 17.5. The summed E-state index contributed by atoms with van der Waals surface area (Å²) in [6, 6.07) is 20.6. The number of nitrogens with zero attached hydrogens (tertiary/aromatic N) is 3. The number of aryl methyl sites for hydroxylation is 1. The summed E-state index contributed by atoms with van der Waals surface area (Å²) in [5, 5.41) is 1.14. The average Bonchev–Trinajstić information content (AvgIpc) is 3.13. The number of piperazine rings is 1. The molecular weight excluding hydrogens is 346 g/mol. The smallest absolute Gasteiger partial charge is 0.270 e. The first-order valence-electron chi connectivity index (χ1n) is 10.1. The summed E-state index contributed by atoms with van der Waals surface area (Å²) in [7, 11) is 0. The molecule has 1 amide bonds. The van der Waals surface area contributed by atoms with Crippen LogP contribution in [0.15, 0.2) is 66.7 Å². The van der Waals surface area contributed by atoms with E-state index in [4.69, 9.17) is 0 Å². The van der Waals surface area contributed by atoms with Crippen LogP contribution in [0.4, 0.5) is 0 Å². The Morgan fingerprint density at radius 3 is 2.43 bits per heavy atom. The minimum Gasteiger partial charge on any atom is -0.337 e. The van der Waals surface area contributed by atoms with E-state index in [0.29, 0.717) is 0 Å². The van der Waals surface area contributed by atoms with E-state index in [2.05, 4.69) is 64.9 Å². The molecule has 4 rings (SSSR count). The third-order valence-electron chi connectivity index (χ3n) is 5.48. The Balaban J connectivity index is 1.37. The number of carbonyl (C=O) groups is 1. The fraction of sp³-hybridized carbons (Fsp3) is 0.292. The summed E-state index contributed by atoms with van der Waals surface area (Å²) in [5.41, 5.74) is 3.17. The number of benzene rings is 2. The number of para-hydroxylation sites is 1. The molecule has 0 saturated carbocycles. The van der Waals surface area contributed by atoms with Gasteiger partial charge in [0.1, 0.15) is 5.69 Å². The zero-order valence-electron chi connectivity index (χ0n) is 16.4. The molecule has 28 heavy (non-hydrogen) atoms. The van der Waals surface area contributed by atoms with Gasteiger partial charge in [0.05, 0.1) is 0 Å². The van der Waals surface area contributed by atoms with E-state index >= 15 is 0 Å². The van der Waals surface area contributed by atoms with E-state index in [1.165, 1.54) is 5.56 Å². The lowest BCUT2D eigenvalue weighted by Crippen LogP contribution is -2.49. The van der Waals surface area contributed by atoms with Gasteiger partial charge < -0.3 is 9.47 Å². The molecule has 0 atom stereocenters. The normalized spacial score (nSPS) is 15.5. The van der Waals surface area contributed by atoms with Gasteiger partial charge in [0.25, 0.3) is 5.91 Å². The maximum atomic E-state index is 13.1.